The average molecular weight is 276 g/mol. The zero-order valence-electron chi connectivity index (χ0n) is 12.4. The number of hydrogen-bond donors (Lipinski definition) is 1. The summed E-state index contributed by atoms with van der Waals surface area (Å²) in [7, 11) is 3.58. The summed E-state index contributed by atoms with van der Waals surface area (Å²) in [4.78, 5) is 14.0. The van der Waals surface area contributed by atoms with Crippen LogP contribution >= 0.6 is 0 Å². The molecule has 0 fully saturated rings. The SMILES string of the molecule is COCCNCC(=O)N(C)C1CCc2ccccc2C1. The van der Waals surface area contributed by atoms with Crippen molar-refractivity contribution in [2.75, 3.05) is 33.9 Å². The molecule has 0 saturated heterocycles. The predicted molar refractivity (Wildman–Crippen MR) is 79.8 cm³/mol. The van der Waals surface area contributed by atoms with Gasteiger partial charge in [0.25, 0.3) is 0 Å². The molecular weight excluding hydrogens is 252 g/mol. The van der Waals surface area contributed by atoms with Crippen molar-refractivity contribution in [1.82, 2.24) is 10.2 Å². The van der Waals surface area contributed by atoms with E-state index in [4.69, 9.17) is 4.74 Å². The Morgan fingerprint density at radius 2 is 2.15 bits per heavy atom. The molecule has 1 amide bonds. The number of ether oxygens (including phenoxy) is 1. The van der Waals surface area contributed by atoms with Crippen LogP contribution in [0.5, 0.6) is 0 Å². The van der Waals surface area contributed by atoms with Gasteiger partial charge in [0.15, 0.2) is 0 Å². The Bertz CT molecular complexity index is 448. The second kappa shape index (κ2) is 7.41. The Morgan fingerprint density at radius 1 is 1.40 bits per heavy atom. The van der Waals surface area contributed by atoms with Gasteiger partial charge in [-0.15, -0.1) is 0 Å². The van der Waals surface area contributed by atoms with Crippen molar-refractivity contribution in [2.24, 2.45) is 0 Å². The third kappa shape index (κ3) is 3.81. The van der Waals surface area contributed by atoms with Gasteiger partial charge in [-0.1, -0.05) is 24.3 Å². The van der Waals surface area contributed by atoms with Crippen molar-refractivity contribution in [3.05, 3.63) is 35.4 Å². The number of fused-ring (bicyclic) bond motifs is 1. The second-order valence-electron chi connectivity index (χ2n) is 5.34. The van der Waals surface area contributed by atoms with E-state index in [0.29, 0.717) is 25.7 Å². The van der Waals surface area contributed by atoms with E-state index in [-0.39, 0.29) is 5.91 Å². The average Bonchev–Trinajstić information content (AvgIpc) is 2.50. The predicted octanol–water partition coefficient (Wildman–Crippen LogP) is 1.24. The summed E-state index contributed by atoms with van der Waals surface area (Å²) in [6.07, 6.45) is 3.09. The van der Waals surface area contributed by atoms with E-state index >= 15 is 0 Å². The lowest BCUT2D eigenvalue weighted by Crippen LogP contribution is -2.44. The number of methoxy groups -OCH3 is 1. The first kappa shape index (κ1) is 15.0. The summed E-state index contributed by atoms with van der Waals surface area (Å²) >= 11 is 0. The summed E-state index contributed by atoms with van der Waals surface area (Å²) < 4.78 is 4.95. The van der Waals surface area contributed by atoms with E-state index in [1.54, 1.807) is 7.11 Å². The largest absolute Gasteiger partial charge is 0.383 e. The molecule has 0 aliphatic heterocycles. The Kier molecular flexibility index (Phi) is 5.56. The number of nitrogens with zero attached hydrogens (tertiary/aromatic N) is 1. The number of likely N-dealkylation sites (N-methyl/N-ethyl adjacent to an activating group) is 1. The highest BCUT2D eigenvalue weighted by atomic mass is 16.5. The normalized spacial score (nSPS) is 17.6. The molecule has 1 aliphatic carbocycles. The Labute approximate surface area is 121 Å². The number of carbonyl (C=O) groups excluding carboxylic acids is 1. The maximum Gasteiger partial charge on any atom is 0.236 e. The van der Waals surface area contributed by atoms with Crippen molar-refractivity contribution < 1.29 is 9.53 Å². The Morgan fingerprint density at radius 3 is 2.90 bits per heavy atom. The van der Waals surface area contributed by atoms with Crippen LogP contribution in [-0.2, 0) is 22.4 Å². The lowest BCUT2D eigenvalue weighted by Gasteiger charge is -2.32. The maximum atomic E-state index is 12.1. The van der Waals surface area contributed by atoms with Crippen LogP contribution in [0, 0.1) is 0 Å². The molecule has 0 saturated carbocycles. The zero-order chi connectivity index (χ0) is 14.4. The topological polar surface area (TPSA) is 41.6 Å². The number of aryl methyl sites for hydroxylation is 1. The fourth-order valence-electron chi connectivity index (χ4n) is 2.71. The van der Waals surface area contributed by atoms with Crippen molar-refractivity contribution in [1.29, 1.82) is 0 Å². The van der Waals surface area contributed by atoms with Gasteiger partial charge >= 0.3 is 0 Å². The summed E-state index contributed by atoms with van der Waals surface area (Å²) in [6, 6.07) is 8.86. The fraction of sp³-hybridized carbons (Fsp3) is 0.562. The minimum Gasteiger partial charge on any atom is -0.383 e. The summed E-state index contributed by atoms with van der Waals surface area (Å²) in [5.74, 6) is 0.158. The lowest BCUT2D eigenvalue weighted by molar-refractivity contribution is -0.131. The monoisotopic (exact) mass is 276 g/mol. The highest BCUT2D eigenvalue weighted by Gasteiger charge is 2.24. The van der Waals surface area contributed by atoms with Gasteiger partial charge < -0.3 is 15.0 Å². The van der Waals surface area contributed by atoms with Crippen molar-refractivity contribution >= 4 is 5.91 Å². The molecule has 1 unspecified atom stereocenters. The minimum absolute atomic E-state index is 0.158. The smallest absolute Gasteiger partial charge is 0.236 e. The molecule has 1 N–H and O–H groups in total. The number of amides is 1. The molecule has 110 valence electrons. The number of benzene rings is 1. The molecule has 1 atom stereocenters. The molecule has 1 aliphatic rings. The molecule has 4 nitrogen and oxygen atoms in total. The van der Waals surface area contributed by atoms with Crippen LogP contribution in [0.2, 0.25) is 0 Å². The Balaban J connectivity index is 1.84. The van der Waals surface area contributed by atoms with Gasteiger partial charge in [0, 0.05) is 26.7 Å². The van der Waals surface area contributed by atoms with Gasteiger partial charge in [-0.2, -0.15) is 0 Å². The zero-order valence-corrected chi connectivity index (χ0v) is 12.4. The number of rotatable bonds is 6. The van der Waals surface area contributed by atoms with Crippen LogP contribution in [0.15, 0.2) is 24.3 Å². The third-order valence-electron chi connectivity index (χ3n) is 4.02. The first-order valence-electron chi connectivity index (χ1n) is 7.24. The standard InChI is InChI=1S/C16H24N2O2/c1-18(16(19)12-17-9-10-20-2)15-8-7-13-5-3-4-6-14(13)11-15/h3-6,15,17H,7-12H2,1-2H3. The molecule has 0 heterocycles. The van der Waals surface area contributed by atoms with E-state index in [0.717, 1.165) is 19.3 Å². The van der Waals surface area contributed by atoms with Crippen molar-refractivity contribution in [3.8, 4) is 0 Å². The van der Waals surface area contributed by atoms with Crippen LogP contribution in [0.3, 0.4) is 0 Å². The van der Waals surface area contributed by atoms with Crippen LogP contribution in [-0.4, -0.2) is 50.7 Å². The molecule has 20 heavy (non-hydrogen) atoms. The van der Waals surface area contributed by atoms with E-state index < -0.39 is 0 Å². The first-order chi connectivity index (χ1) is 9.72. The minimum atomic E-state index is 0.158. The van der Waals surface area contributed by atoms with Crippen LogP contribution in [0.4, 0.5) is 0 Å². The molecule has 0 aromatic heterocycles. The summed E-state index contributed by atoms with van der Waals surface area (Å²) in [6.45, 7) is 1.73. The first-order valence-corrected chi connectivity index (χ1v) is 7.24. The second-order valence-corrected chi connectivity index (χ2v) is 5.34. The third-order valence-corrected chi connectivity index (χ3v) is 4.02. The molecule has 0 bridgehead atoms. The summed E-state index contributed by atoms with van der Waals surface area (Å²) in [5.41, 5.74) is 2.82. The van der Waals surface area contributed by atoms with Gasteiger partial charge in [0.2, 0.25) is 5.91 Å². The van der Waals surface area contributed by atoms with Gasteiger partial charge in [-0.05, 0) is 30.4 Å². The molecule has 4 heteroatoms. The maximum absolute atomic E-state index is 12.1. The van der Waals surface area contributed by atoms with Gasteiger partial charge in [-0.25, -0.2) is 0 Å². The highest BCUT2D eigenvalue weighted by molar-refractivity contribution is 5.78. The van der Waals surface area contributed by atoms with E-state index in [9.17, 15) is 4.79 Å². The van der Waals surface area contributed by atoms with Crippen LogP contribution in [0.1, 0.15) is 17.5 Å². The molecule has 0 spiro atoms. The van der Waals surface area contributed by atoms with E-state index in [1.807, 2.05) is 11.9 Å². The Hall–Kier alpha value is -1.39. The fourth-order valence-corrected chi connectivity index (χ4v) is 2.71. The van der Waals surface area contributed by atoms with Gasteiger partial charge in [0.05, 0.1) is 13.2 Å². The number of nitrogens with one attached hydrogen (secondary N) is 1. The van der Waals surface area contributed by atoms with Gasteiger partial charge in [-0.3, -0.25) is 4.79 Å². The van der Waals surface area contributed by atoms with Crippen molar-refractivity contribution in [2.45, 2.75) is 25.3 Å². The molecule has 2 rings (SSSR count). The lowest BCUT2D eigenvalue weighted by atomic mass is 9.87. The molecule has 0 radical (unpaired) electrons. The molecule has 1 aromatic rings. The number of carbonyl (C=O) groups is 1. The summed E-state index contributed by atoms with van der Waals surface area (Å²) in [5, 5.41) is 3.11. The quantitative estimate of drug-likeness (QED) is 0.795. The highest BCUT2D eigenvalue weighted by Crippen LogP contribution is 2.23. The van der Waals surface area contributed by atoms with Crippen LogP contribution < -0.4 is 5.32 Å². The molecule has 1 aromatic carbocycles. The number of hydrogen-bond acceptors (Lipinski definition) is 3. The molecular formula is C16H24N2O2. The van der Waals surface area contributed by atoms with E-state index in [1.165, 1.54) is 11.1 Å². The van der Waals surface area contributed by atoms with E-state index in [2.05, 4.69) is 29.6 Å². The van der Waals surface area contributed by atoms with Crippen LogP contribution in [0.25, 0.3) is 0 Å². The van der Waals surface area contributed by atoms with Gasteiger partial charge in [0.1, 0.15) is 0 Å². The van der Waals surface area contributed by atoms with Crippen molar-refractivity contribution in [3.63, 3.8) is 0 Å².